The van der Waals surface area contributed by atoms with Crippen LogP contribution < -0.4 is 0 Å². The molecule has 0 aromatic heterocycles. The number of fused-ring (bicyclic) bond motifs is 1. The molecule has 0 saturated carbocycles. The van der Waals surface area contributed by atoms with Gasteiger partial charge >= 0.3 is 0 Å². The van der Waals surface area contributed by atoms with E-state index in [2.05, 4.69) is 29.2 Å². The molecule has 0 unspecified atom stereocenters. The van der Waals surface area contributed by atoms with Gasteiger partial charge in [-0.25, -0.2) is 0 Å². The van der Waals surface area contributed by atoms with Gasteiger partial charge in [-0.15, -0.1) is 0 Å². The maximum absolute atomic E-state index is 12.5. The Hall–Kier alpha value is -1.93. The Balaban J connectivity index is 1.67. The van der Waals surface area contributed by atoms with Crippen LogP contribution in [0.25, 0.3) is 0 Å². The molecule has 21 heavy (non-hydrogen) atoms. The number of rotatable bonds is 3. The van der Waals surface area contributed by atoms with Crippen molar-refractivity contribution in [3.8, 4) is 0 Å². The summed E-state index contributed by atoms with van der Waals surface area (Å²) in [6.07, 6.45) is 2.08. The number of ketones is 1. The Morgan fingerprint density at radius 3 is 2.14 bits per heavy atom. The maximum atomic E-state index is 12.5. The minimum atomic E-state index is 0.235. The Kier molecular flexibility index (Phi) is 4.16. The van der Waals surface area contributed by atoms with E-state index in [4.69, 9.17) is 0 Å². The maximum Gasteiger partial charge on any atom is 0.177 e. The van der Waals surface area contributed by atoms with Crippen molar-refractivity contribution in [1.82, 2.24) is 4.90 Å². The van der Waals surface area contributed by atoms with E-state index in [0.717, 1.165) is 37.1 Å². The van der Waals surface area contributed by atoms with Crippen LogP contribution in [-0.4, -0.2) is 30.3 Å². The van der Waals surface area contributed by atoms with Crippen LogP contribution in [0.15, 0.2) is 48.5 Å². The van der Waals surface area contributed by atoms with Gasteiger partial charge in [0.25, 0.3) is 0 Å². The molecule has 0 radical (unpaired) electrons. The molecule has 108 valence electrons. The average molecular weight is 279 g/mol. The van der Waals surface area contributed by atoms with Gasteiger partial charge in [-0.05, 0) is 36.5 Å². The zero-order chi connectivity index (χ0) is 14.7. The van der Waals surface area contributed by atoms with Crippen LogP contribution in [0.3, 0.4) is 0 Å². The fourth-order valence-electron chi connectivity index (χ4n) is 3.05. The van der Waals surface area contributed by atoms with Gasteiger partial charge in [-0.3, -0.25) is 9.69 Å². The second-order valence-corrected chi connectivity index (χ2v) is 5.78. The summed E-state index contributed by atoms with van der Waals surface area (Å²) >= 11 is 0. The van der Waals surface area contributed by atoms with Crippen molar-refractivity contribution in [2.24, 2.45) is 0 Å². The normalized spacial score (nSPS) is 15.3. The van der Waals surface area contributed by atoms with E-state index in [1.807, 2.05) is 31.2 Å². The number of nitrogens with zero attached hydrogens (tertiary/aromatic N) is 1. The van der Waals surface area contributed by atoms with Gasteiger partial charge in [-0.2, -0.15) is 0 Å². The summed E-state index contributed by atoms with van der Waals surface area (Å²) in [5.41, 5.74) is 4.80. The number of carbonyl (C=O) groups is 1. The summed E-state index contributed by atoms with van der Waals surface area (Å²) in [6, 6.07) is 16.5. The molecule has 2 nitrogen and oxygen atoms in total. The van der Waals surface area contributed by atoms with Crippen LogP contribution in [0.1, 0.15) is 27.0 Å². The lowest BCUT2D eigenvalue weighted by molar-refractivity contribution is 0.0933. The zero-order valence-corrected chi connectivity index (χ0v) is 12.5. The second kappa shape index (κ2) is 6.23. The molecule has 0 aliphatic carbocycles. The lowest BCUT2D eigenvalue weighted by Gasteiger charge is -2.19. The number of hydrogen-bond acceptors (Lipinski definition) is 2. The third-order valence-corrected chi connectivity index (χ3v) is 4.33. The molecular weight excluding hydrogens is 258 g/mol. The van der Waals surface area contributed by atoms with Gasteiger partial charge in [0.05, 0.1) is 6.54 Å². The van der Waals surface area contributed by atoms with Gasteiger partial charge in [0.2, 0.25) is 0 Å². The summed E-state index contributed by atoms with van der Waals surface area (Å²) in [5, 5.41) is 0. The van der Waals surface area contributed by atoms with Crippen molar-refractivity contribution in [1.29, 1.82) is 0 Å². The van der Waals surface area contributed by atoms with E-state index in [9.17, 15) is 4.79 Å². The molecule has 1 heterocycles. The highest BCUT2D eigenvalue weighted by Crippen LogP contribution is 2.16. The Bertz CT molecular complexity index is 621. The molecule has 1 aliphatic rings. The molecule has 0 spiro atoms. The van der Waals surface area contributed by atoms with Crippen LogP contribution in [0.2, 0.25) is 0 Å². The van der Waals surface area contributed by atoms with Gasteiger partial charge in [0.15, 0.2) is 5.78 Å². The summed E-state index contributed by atoms with van der Waals surface area (Å²) in [4.78, 5) is 14.8. The van der Waals surface area contributed by atoms with Crippen LogP contribution in [0.5, 0.6) is 0 Å². The van der Waals surface area contributed by atoms with Crippen molar-refractivity contribution in [2.45, 2.75) is 19.8 Å². The average Bonchev–Trinajstić information content (AvgIpc) is 2.70. The number of Topliss-reactive ketones (excluding diaryl/α,β-unsaturated/α-hetero) is 1. The van der Waals surface area contributed by atoms with Crippen molar-refractivity contribution < 1.29 is 4.79 Å². The van der Waals surface area contributed by atoms with E-state index in [-0.39, 0.29) is 5.78 Å². The highest BCUT2D eigenvalue weighted by atomic mass is 16.1. The lowest BCUT2D eigenvalue weighted by atomic mass is 10.0. The molecule has 2 aromatic rings. The first kappa shape index (κ1) is 14.0. The van der Waals surface area contributed by atoms with E-state index in [1.165, 1.54) is 11.1 Å². The molecule has 0 saturated heterocycles. The zero-order valence-electron chi connectivity index (χ0n) is 12.5. The molecule has 0 atom stereocenters. The van der Waals surface area contributed by atoms with Gasteiger partial charge in [0.1, 0.15) is 0 Å². The van der Waals surface area contributed by atoms with Crippen LogP contribution in [-0.2, 0) is 12.8 Å². The van der Waals surface area contributed by atoms with E-state index < -0.39 is 0 Å². The largest absolute Gasteiger partial charge is 0.295 e. The molecule has 0 fully saturated rings. The summed E-state index contributed by atoms with van der Waals surface area (Å²) in [5.74, 6) is 0.235. The van der Waals surface area contributed by atoms with E-state index >= 15 is 0 Å². The summed E-state index contributed by atoms with van der Waals surface area (Å²) in [6.45, 7) is 4.47. The Labute approximate surface area is 126 Å². The van der Waals surface area contributed by atoms with Crippen LogP contribution in [0.4, 0.5) is 0 Å². The van der Waals surface area contributed by atoms with Crippen LogP contribution >= 0.6 is 0 Å². The number of hydrogen-bond donors (Lipinski definition) is 0. The quantitative estimate of drug-likeness (QED) is 0.804. The fourth-order valence-corrected chi connectivity index (χ4v) is 3.05. The van der Waals surface area contributed by atoms with E-state index in [1.54, 1.807) is 0 Å². The molecular formula is C19H21NO. The predicted octanol–water partition coefficient (Wildman–Crippen LogP) is 3.28. The molecule has 0 N–H and O–H groups in total. The van der Waals surface area contributed by atoms with Crippen LogP contribution in [0, 0.1) is 6.92 Å². The van der Waals surface area contributed by atoms with Gasteiger partial charge in [-0.1, -0.05) is 48.5 Å². The fraction of sp³-hybridized carbons (Fsp3) is 0.316. The third kappa shape index (κ3) is 3.22. The smallest absolute Gasteiger partial charge is 0.177 e. The molecule has 0 bridgehead atoms. The molecule has 1 aliphatic heterocycles. The number of carbonyl (C=O) groups excluding carboxylic acids is 1. The van der Waals surface area contributed by atoms with Crippen molar-refractivity contribution in [3.63, 3.8) is 0 Å². The first-order chi connectivity index (χ1) is 10.2. The molecule has 0 amide bonds. The topological polar surface area (TPSA) is 20.3 Å². The third-order valence-electron chi connectivity index (χ3n) is 4.33. The minimum Gasteiger partial charge on any atom is -0.295 e. The molecule has 2 aromatic carbocycles. The summed E-state index contributed by atoms with van der Waals surface area (Å²) < 4.78 is 0. The first-order valence-corrected chi connectivity index (χ1v) is 7.62. The first-order valence-electron chi connectivity index (χ1n) is 7.62. The van der Waals surface area contributed by atoms with Crippen molar-refractivity contribution >= 4 is 5.78 Å². The summed E-state index contributed by atoms with van der Waals surface area (Å²) in [7, 11) is 0. The Morgan fingerprint density at radius 2 is 1.52 bits per heavy atom. The molecule has 2 heteroatoms. The van der Waals surface area contributed by atoms with Crippen molar-refractivity contribution in [3.05, 3.63) is 70.8 Å². The highest BCUT2D eigenvalue weighted by Gasteiger charge is 2.17. The van der Waals surface area contributed by atoms with Gasteiger partial charge < -0.3 is 0 Å². The number of benzene rings is 2. The van der Waals surface area contributed by atoms with E-state index in [0.29, 0.717) is 6.54 Å². The lowest BCUT2D eigenvalue weighted by Crippen LogP contribution is -2.32. The highest BCUT2D eigenvalue weighted by molar-refractivity contribution is 5.98. The predicted molar refractivity (Wildman–Crippen MR) is 85.8 cm³/mol. The van der Waals surface area contributed by atoms with Crippen molar-refractivity contribution in [2.75, 3.05) is 19.6 Å². The SMILES string of the molecule is Cc1ccccc1C(=O)CN1CCc2ccccc2CC1. The Morgan fingerprint density at radius 1 is 0.952 bits per heavy atom. The standard InChI is InChI=1S/C19H21NO/c1-15-6-2-5-9-18(15)19(21)14-20-12-10-16-7-3-4-8-17(16)11-13-20/h2-9H,10-14H2,1H3. The second-order valence-electron chi connectivity index (χ2n) is 5.78. The van der Waals surface area contributed by atoms with Gasteiger partial charge in [0, 0.05) is 18.7 Å². The molecule has 3 rings (SSSR count). The minimum absolute atomic E-state index is 0.235. The monoisotopic (exact) mass is 279 g/mol. The number of aryl methyl sites for hydroxylation is 1.